The Bertz CT molecular complexity index is 273. The van der Waals surface area contributed by atoms with E-state index in [1.165, 1.54) is 5.56 Å². The summed E-state index contributed by atoms with van der Waals surface area (Å²) in [5.41, 5.74) is 1.37. The number of aliphatic hydroxyl groups is 1. The highest BCUT2D eigenvalue weighted by Gasteiger charge is 2.14. The van der Waals surface area contributed by atoms with Crippen LogP contribution in [0.2, 0.25) is 0 Å². The molecule has 0 bridgehead atoms. The predicted octanol–water partition coefficient (Wildman–Crippen LogP) is 3.57. The van der Waals surface area contributed by atoms with Gasteiger partial charge in [-0.2, -0.15) is 11.8 Å². The summed E-state index contributed by atoms with van der Waals surface area (Å²) in [6, 6.07) is 10.5. The van der Waals surface area contributed by atoms with Crippen molar-refractivity contribution in [2.24, 2.45) is 11.8 Å². The monoisotopic (exact) mass is 238 g/mol. The van der Waals surface area contributed by atoms with Gasteiger partial charge in [-0.15, -0.1) is 0 Å². The van der Waals surface area contributed by atoms with Gasteiger partial charge in [0.15, 0.2) is 0 Å². The average molecular weight is 238 g/mol. The maximum Gasteiger partial charge on any atom is 0.0469 e. The Morgan fingerprint density at radius 3 is 2.50 bits per heavy atom. The SMILES string of the molecule is CCC(C)C(CO)CSCc1ccccc1. The molecule has 0 fully saturated rings. The fourth-order valence-corrected chi connectivity index (χ4v) is 2.92. The minimum absolute atomic E-state index is 0.316. The molecule has 0 heterocycles. The van der Waals surface area contributed by atoms with Gasteiger partial charge in [-0.05, 0) is 23.2 Å². The van der Waals surface area contributed by atoms with E-state index in [-0.39, 0.29) is 0 Å². The summed E-state index contributed by atoms with van der Waals surface area (Å²) >= 11 is 1.92. The summed E-state index contributed by atoms with van der Waals surface area (Å²) in [6.07, 6.45) is 1.15. The molecule has 0 saturated heterocycles. The van der Waals surface area contributed by atoms with Crippen LogP contribution in [0, 0.1) is 11.8 Å². The molecular weight excluding hydrogens is 216 g/mol. The third-order valence-corrected chi connectivity index (χ3v) is 4.33. The van der Waals surface area contributed by atoms with Crippen molar-refractivity contribution in [3.8, 4) is 0 Å². The second-order valence-corrected chi connectivity index (χ2v) is 5.36. The van der Waals surface area contributed by atoms with E-state index in [1.807, 2.05) is 17.8 Å². The van der Waals surface area contributed by atoms with Gasteiger partial charge < -0.3 is 5.11 Å². The van der Waals surface area contributed by atoms with Crippen LogP contribution in [0.1, 0.15) is 25.8 Å². The smallest absolute Gasteiger partial charge is 0.0469 e. The molecule has 1 aromatic rings. The molecule has 0 aliphatic carbocycles. The number of hydrogen-bond acceptors (Lipinski definition) is 2. The van der Waals surface area contributed by atoms with Crippen LogP contribution in [0.5, 0.6) is 0 Å². The minimum atomic E-state index is 0.316. The first-order valence-corrected chi connectivity index (χ1v) is 7.16. The summed E-state index contributed by atoms with van der Waals surface area (Å²) < 4.78 is 0. The molecule has 2 unspecified atom stereocenters. The second kappa shape index (κ2) is 7.75. The third kappa shape index (κ3) is 4.58. The first-order chi connectivity index (χ1) is 7.77. The van der Waals surface area contributed by atoms with E-state index in [2.05, 4.69) is 38.1 Å². The maximum absolute atomic E-state index is 9.31. The van der Waals surface area contributed by atoms with E-state index in [4.69, 9.17) is 0 Å². The zero-order valence-electron chi connectivity index (χ0n) is 10.2. The van der Waals surface area contributed by atoms with E-state index < -0.39 is 0 Å². The van der Waals surface area contributed by atoms with E-state index in [0.717, 1.165) is 17.9 Å². The maximum atomic E-state index is 9.31. The van der Waals surface area contributed by atoms with Gasteiger partial charge in [0.2, 0.25) is 0 Å². The lowest BCUT2D eigenvalue weighted by molar-refractivity contribution is 0.196. The third-order valence-electron chi connectivity index (χ3n) is 3.13. The summed E-state index contributed by atoms with van der Waals surface area (Å²) in [4.78, 5) is 0. The van der Waals surface area contributed by atoms with E-state index in [1.54, 1.807) is 0 Å². The van der Waals surface area contributed by atoms with Crippen molar-refractivity contribution < 1.29 is 5.11 Å². The van der Waals surface area contributed by atoms with Crippen molar-refractivity contribution >= 4 is 11.8 Å². The van der Waals surface area contributed by atoms with Gasteiger partial charge in [0.05, 0.1) is 0 Å². The molecule has 0 saturated carbocycles. The number of thioether (sulfide) groups is 1. The van der Waals surface area contributed by atoms with Gasteiger partial charge in [-0.25, -0.2) is 0 Å². The molecule has 1 N–H and O–H groups in total. The van der Waals surface area contributed by atoms with E-state index in [0.29, 0.717) is 18.4 Å². The van der Waals surface area contributed by atoms with Gasteiger partial charge in [-0.3, -0.25) is 0 Å². The molecule has 2 atom stereocenters. The van der Waals surface area contributed by atoms with Crippen LogP contribution in [-0.2, 0) is 5.75 Å². The highest BCUT2D eigenvalue weighted by atomic mass is 32.2. The van der Waals surface area contributed by atoms with Gasteiger partial charge in [0.1, 0.15) is 0 Å². The van der Waals surface area contributed by atoms with Crippen LogP contribution in [-0.4, -0.2) is 17.5 Å². The Balaban J connectivity index is 2.28. The Hall–Kier alpha value is -0.470. The number of aliphatic hydroxyl groups excluding tert-OH is 1. The quantitative estimate of drug-likeness (QED) is 0.783. The van der Waals surface area contributed by atoms with Crippen molar-refractivity contribution in [2.75, 3.05) is 12.4 Å². The van der Waals surface area contributed by atoms with Crippen molar-refractivity contribution in [1.82, 2.24) is 0 Å². The zero-order valence-corrected chi connectivity index (χ0v) is 11.0. The molecular formula is C14H22OS. The van der Waals surface area contributed by atoms with Crippen molar-refractivity contribution in [3.63, 3.8) is 0 Å². The molecule has 0 aliphatic rings. The first-order valence-electron chi connectivity index (χ1n) is 6.00. The molecule has 0 aliphatic heterocycles. The van der Waals surface area contributed by atoms with Crippen LogP contribution in [0.25, 0.3) is 0 Å². The molecule has 0 radical (unpaired) electrons. The molecule has 0 amide bonds. The van der Waals surface area contributed by atoms with Gasteiger partial charge in [0.25, 0.3) is 0 Å². The van der Waals surface area contributed by atoms with Crippen molar-refractivity contribution in [2.45, 2.75) is 26.0 Å². The molecule has 0 spiro atoms. The van der Waals surface area contributed by atoms with Crippen LogP contribution < -0.4 is 0 Å². The molecule has 1 aromatic carbocycles. The second-order valence-electron chi connectivity index (χ2n) is 4.33. The highest BCUT2D eigenvalue weighted by Crippen LogP contribution is 2.22. The lowest BCUT2D eigenvalue weighted by Crippen LogP contribution is -2.18. The number of hydrogen-bond donors (Lipinski definition) is 1. The van der Waals surface area contributed by atoms with Gasteiger partial charge in [0, 0.05) is 12.4 Å². The molecule has 1 rings (SSSR count). The Morgan fingerprint density at radius 2 is 1.94 bits per heavy atom. The van der Waals surface area contributed by atoms with Crippen LogP contribution in [0.4, 0.5) is 0 Å². The van der Waals surface area contributed by atoms with E-state index in [9.17, 15) is 5.11 Å². The van der Waals surface area contributed by atoms with Crippen molar-refractivity contribution in [3.05, 3.63) is 35.9 Å². The summed E-state index contributed by atoms with van der Waals surface area (Å²) in [5, 5.41) is 9.31. The number of rotatable bonds is 7. The Kier molecular flexibility index (Phi) is 6.58. The average Bonchev–Trinajstić information content (AvgIpc) is 2.35. The number of benzene rings is 1. The van der Waals surface area contributed by atoms with E-state index >= 15 is 0 Å². The summed E-state index contributed by atoms with van der Waals surface area (Å²) in [5.74, 6) is 3.17. The van der Waals surface area contributed by atoms with Crippen LogP contribution in [0.15, 0.2) is 30.3 Å². The normalized spacial score (nSPS) is 14.7. The standard InChI is InChI=1S/C14H22OS/c1-3-12(2)14(9-15)11-16-10-13-7-5-4-6-8-13/h4-8,12,14-15H,3,9-11H2,1-2H3. The van der Waals surface area contributed by atoms with Crippen LogP contribution in [0.3, 0.4) is 0 Å². The topological polar surface area (TPSA) is 20.2 Å². The summed E-state index contributed by atoms with van der Waals surface area (Å²) in [6.45, 7) is 4.73. The van der Waals surface area contributed by atoms with Crippen molar-refractivity contribution in [1.29, 1.82) is 0 Å². The lowest BCUT2D eigenvalue weighted by atomic mass is 9.94. The molecule has 90 valence electrons. The minimum Gasteiger partial charge on any atom is -0.396 e. The fraction of sp³-hybridized carbons (Fsp3) is 0.571. The first kappa shape index (κ1) is 13.6. The molecule has 16 heavy (non-hydrogen) atoms. The van der Waals surface area contributed by atoms with Gasteiger partial charge in [-0.1, -0.05) is 50.6 Å². The zero-order chi connectivity index (χ0) is 11.8. The lowest BCUT2D eigenvalue weighted by Gasteiger charge is -2.20. The largest absolute Gasteiger partial charge is 0.396 e. The molecule has 1 nitrogen and oxygen atoms in total. The molecule has 0 aromatic heterocycles. The Labute approximate surface area is 103 Å². The highest BCUT2D eigenvalue weighted by molar-refractivity contribution is 7.98. The van der Waals surface area contributed by atoms with Crippen LogP contribution >= 0.6 is 11.8 Å². The fourth-order valence-electron chi connectivity index (χ4n) is 1.63. The van der Waals surface area contributed by atoms with Gasteiger partial charge >= 0.3 is 0 Å². The predicted molar refractivity (Wildman–Crippen MR) is 72.6 cm³/mol. The molecule has 2 heteroatoms. The summed E-state index contributed by atoms with van der Waals surface area (Å²) in [7, 11) is 0. The Morgan fingerprint density at radius 1 is 1.25 bits per heavy atom.